The Morgan fingerprint density at radius 3 is 2.62 bits per heavy atom. The summed E-state index contributed by atoms with van der Waals surface area (Å²) in [4.78, 5) is 12.7. The topological polar surface area (TPSA) is 76.2 Å². The van der Waals surface area contributed by atoms with Crippen LogP contribution in [0.1, 0.15) is 16.1 Å². The van der Waals surface area contributed by atoms with E-state index in [9.17, 15) is 4.79 Å². The van der Waals surface area contributed by atoms with Crippen molar-refractivity contribution in [2.24, 2.45) is 0 Å². The quantitative estimate of drug-likeness (QED) is 0.700. The molecule has 0 atom stereocenters. The molecule has 7 heteroatoms. The zero-order chi connectivity index (χ0) is 18.7. The Bertz CT molecular complexity index is 953. The number of benzene rings is 2. The summed E-state index contributed by atoms with van der Waals surface area (Å²) in [5.74, 6) is 0.957. The van der Waals surface area contributed by atoms with Crippen LogP contribution in [0.25, 0.3) is 11.3 Å². The monoisotopic (exact) mass is 371 g/mol. The number of aryl methyl sites for hydroxylation is 1. The van der Waals surface area contributed by atoms with Crippen LogP contribution in [0, 0.1) is 6.92 Å². The maximum absolute atomic E-state index is 12.7. The van der Waals surface area contributed by atoms with E-state index in [0.29, 0.717) is 44.7 Å². The molecule has 0 unspecified atom stereocenters. The second-order valence-corrected chi connectivity index (χ2v) is 5.98. The molecule has 0 aliphatic rings. The van der Waals surface area contributed by atoms with E-state index in [2.05, 4.69) is 15.5 Å². The van der Waals surface area contributed by atoms with E-state index < -0.39 is 0 Å². The summed E-state index contributed by atoms with van der Waals surface area (Å²) in [6, 6.07) is 12.3. The summed E-state index contributed by atoms with van der Waals surface area (Å²) in [6.45, 7) is 1.82. The molecule has 0 aliphatic heterocycles. The van der Waals surface area contributed by atoms with E-state index in [-0.39, 0.29) is 5.91 Å². The van der Waals surface area contributed by atoms with Crippen LogP contribution in [-0.2, 0) is 0 Å². The third-order valence-electron chi connectivity index (χ3n) is 3.97. The van der Waals surface area contributed by atoms with Crippen LogP contribution in [0.15, 0.2) is 42.5 Å². The largest absolute Gasteiger partial charge is 0.497 e. The molecule has 6 nitrogen and oxygen atoms in total. The van der Waals surface area contributed by atoms with Crippen LogP contribution >= 0.6 is 11.6 Å². The van der Waals surface area contributed by atoms with Gasteiger partial charge >= 0.3 is 0 Å². The zero-order valence-electron chi connectivity index (χ0n) is 14.6. The van der Waals surface area contributed by atoms with Gasteiger partial charge in [0.15, 0.2) is 0 Å². The van der Waals surface area contributed by atoms with E-state index in [0.717, 1.165) is 0 Å². The number of rotatable bonds is 5. The minimum absolute atomic E-state index is 0.316. The number of carbonyl (C=O) groups excluding carboxylic acids is 1. The number of nitrogens with one attached hydrogen (secondary N) is 2. The zero-order valence-corrected chi connectivity index (χ0v) is 15.3. The number of carbonyl (C=O) groups is 1. The van der Waals surface area contributed by atoms with Gasteiger partial charge in [-0.15, -0.1) is 0 Å². The lowest BCUT2D eigenvalue weighted by molar-refractivity contribution is 0.102. The lowest BCUT2D eigenvalue weighted by Crippen LogP contribution is -2.13. The number of H-pyrrole nitrogens is 1. The predicted octanol–water partition coefficient (Wildman–Crippen LogP) is 4.31. The number of amides is 1. The highest BCUT2D eigenvalue weighted by Crippen LogP contribution is 2.37. The number of aromatic amines is 1. The standard InChI is InChI=1S/C19H18ClN3O3/c1-11-17(21-19(24)13-6-4-5-7-15(13)20)18(23-22-11)14-10-12(25-2)8-9-16(14)26-3/h4-10H,1-3H3,(H,21,24)(H,22,23). The first-order valence-corrected chi connectivity index (χ1v) is 8.26. The number of nitrogens with zero attached hydrogens (tertiary/aromatic N) is 1. The van der Waals surface area contributed by atoms with Gasteiger partial charge in [-0.05, 0) is 37.3 Å². The van der Waals surface area contributed by atoms with Crippen molar-refractivity contribution in [3.8, 4) is 22.8 Å². The fourth-order valence-corrected chi connectivity index (χ4v) is 2.82. The van der Waals surface area contributed by atoms with Crippen molar-refractivity contribution in [1.82, 2.24) is 10.2 Å². The number of halogens is 1. The van der Waals surface area contributed by atoms with E-state index in [1.54, 1.807) is 56.7 Å². The minimum Gasteiger partial charge on any atom is -0.497 e. The number of aromatic nitrogens is 2. The molecule has 0 spiro atoms. The maximum Gasteiger partial charge on any atom is 0.257 e. The SMILES string of the molecule is COc1ccc(OC)c(-c2n[nH]c(C)c2NC(=O)c2ccccc2Cl)c1. The molecule has 0 saturated heterocycles. The molecule has 1 heterocycles. The molecule has 0 fully saturated rings. The molecule has 2 N–H and O–H groups in total. The van der Waals surface area contributed by atoms with Crippen molar-refractivity contribution in [3.05, 3.63) is 58.7 Å². The van der Waals surface area contributed by atoms with Crippen molar-refractivity contribution in [1.29, 1.82) is 0 Å². The second kappa shape index (κ2) is 7.49. The first-order chi connectivity index (χ1) is 12.5. The van der Waals surface area contributed by atoms with Crippen LogP contribution in [0.5, 0.6) is 11.5 Å². The van der Waals surface area contributed by atoms with Crippen molar-refractivity contribution < 1.29 is 14.3 Å². The molecular formula is C19H18ClN3O3. The van der Waals surface area contributed by atoms with Crippen LogP contribution < -0.4 is 14.8 Å². The third kappa shape index (κ3) is 3.36. The lowest BCUT2D eigenvalue weighted by atomic mass is 10.1. The van der Waals surface area contributed by atoms with Gasteiger partial charge in [-0.25, -0.2) is 0 Å². The van der Waals surface area contributed by atoms with Gasteiger partial charge in [0.1, 0.15) is 17.2 Å². The van der Waals surface area contributed by atoms with E-state index >= 15 is 0 Å². The van der Waals surface area contributed by atoms with Crippen LogP contribution in [0.4, 0.5) is 5.69 Å². The normalized spacial score (nSPS) is 10.5. The van der Waals surface area contributed by atoms with Crippen LogP contribution in [0.2, 0.25) is 5.02 Å². The average Bonchev–Trinajstić information content (AvgIpc) is 3.01. The van der Waals surface area contributed by atoms with Crippen molar-refractivity contribution >= 4 is 23.2 Å². The molecule has 26 heavy (non-hydrogen) atoms. The Morgan fingerprint density at radius 1 is 1.15 bits per heavy atom. The molecule has 1 aromatic heterocycles. The molecule has 2 aromatic carbocycles. The van der Waals surface area contributed by atoms with E-state index in [4.69, 9.17) is 21.1 Å². The number of hydrogen-bond donors (Lipinski definition) is 2. The fourth-order valence-electron chi connectivity index (χ4n) is 2.60. The number of anilines is 1. The fraction of sp³-hybridized carbons (Fsp3) is 0.158. The van der Waals surface area contributed by atoms with Crippen molar-refractivity contribution in [2.45, 2.75) is 6.92 Å². The van der Waals surface area contributed by atoms with Gasteiger partial charge in [-0.2, -0.15) is 5.10 Å². The maximum atomic E-state index is 12.7. The van der Waals surface area contributed by atoms with Gasteiger partial charge in [0.2, 0.25) is 0 Å². The highest BCUT2D eigenvalue weighted by atomic mass is 35.5. The Balaban J connectivity index is 2.03. The third-order valence-corrected chi connectivity index (χ3v) is 4.30. The molecule has 0 saturated carbocycles. The average molecular weight is 372 g/mol. The summed E-state index contributed by atoms with van der Waals surface area (Å²) >= 11 is 6.12. The Morgan fingerprint density at radius 2 is 1.92 bits per heavy atom. The minimum atomic E-state index is -0.316. The second-order valence-electron chi connectivity index (χ2n) is 5.57. The Labute approximate surface area is 156 Å². The van der Waals surface area contributed by atoms with E-state index in [1.165, 1.54) is 0 Å². The van der Waals surface area contributed by atoms with Gasteiger partial charge < -0.3 is 14.8 Å². The molecule has 0 aliphatic carbocycles. The molecular weight excluding hydrogens is 354 g/mol. The smallest absolute Gasteiger partial charge is 0.257 e. The molecule has 3 aromatic rings. The molecule has 0 radical (unpaired) electrons. The Hall–Kier alpha value is -2.99. The van der Waals surface area contributed by atoms with Gasteiger partial charge in [0, 0.05) is 5.56 Å². The first-order valence-electron chi connectivity index (χ1n) is 7.88. The van der Waals surface area contributed by atoms with Crippen molar-refractivity contribution in [3.63, 3.8) is 0 Å². The number of hydrogen-bond acceptors (Lipinski definition) is 4. The van der Waals surface area contributed by atoms with E-state index in [1.807, 2.05) is 6.92 Å². The van der Waals surface area contributed by atoms with Crippen molar-refractivity contribution in [2.75, 3.05) is 19.5 Å². The molecule has 3 rings (SSSR count). The molecule has 0 bridgehead atoms. The highest BCUT2D eigenvalue weighted by Gasteiger charge is 2.20. The summed E-state index contributed by atoms with van der Waals surface area (Å²) in [6.07, 6.45) is 0. The summed E-state index contributed by atoms with van der Waals surface area (Å²) < 4.78 is 10.7. The number of methoxy groups -OCH3 is 2. The summed E-state index contributed by atoms with van der Waals surface area (Å²) in [5, 5.41) is 10.5. The predicted molar refractivity (Wildman–Crippen MR) is 101 cm³/mol. The highest BCUT2D eigenvalue weighted by molar-refractivity contribution is 6.34. The summed E-state index contributed by atoms with van der Waals surface area (Å²) in [7, 11) is 3.16. The van der Waals surface area contributed by atoms with Gasteiger partial charge in [0.25, 0.3) is 5.91 Å². The molecule has 134 valence electrons. The van der Waals surface area contributed by atoms with Crippen LogP contribution in [-0.4, -0.2) is 30.3 Å². The summed E-state index contributed by atoms with van der Waals surface area (Å²) in [5.41, 5.74) is 2.91. The van der Waals surface area contributed by atoms with Gasteiger partial charge in [-0.3, -0.25) is 9.89 Å². The lowest BCUT2D eigenvalue weighted by Gasteiger charge is -2.12. The van der Waals surface area contributed by atoms with Crippen LogP contribution in [0.3, 0.4) is 0 Å². The van der Waals surface area contributed by atoms with Gasteiger partial charge in [0.05, 0.1) is 36.2 Å². The molecule has 1 amide bonds. The van der Waals surface area contributed by atoms with Gasteiger partial charge in [-0.1, -0.05) is 23.7 Å². The Kier molecular flexibility index (Phi) is 5.14. The first kappa shape index (κ1) is 17.8. The number of ether oxygens (including phenoxy) is 2.